The number of carbonyl (C=O) groups is 2. The molecular weight excluding hydrogens is 392 g/mol. The van der Waals surface area contributed by atoms with Gasteiger partial charge in [-0.1, -0.05) is 30.3 Å². The lowest BCUT2D eigenvalue weighted by molar-refractivity contribution is -0.253. The summed E-state index contributed by atoms with van der Waals surface area (Å²) in [5.74, 6) is -2.22. The Morgan fingerprint density at radius 2 is 1.58 bits per heavy atom. The highest BCUT2D eigenvalue weighted by Gasteiger charge is 2.64. The van der Waals surface area contributed by atoms with Crippen LogP contribution in [0, 0.1) is 19.3 Å². The lowest BCUT2D eigenvalue weighted by atomic mass is 9.69. The van der Waals surface area contributed by atoms with E-state index >= 15 is 0 Å². The summed E-state index contributed by atoms with van der Waals surface area (Å²) in [6.07, 6.45) is 0.290. The third kappa shape index (κ3) is 2.92. The molecule has 3 aliphatic heterocycles. The highest BCUT2D eigenvalue weighted by molar-refractivity contribution is 6.04. The van der Waals surface area contributed by atoms with Crippen molar-refractivity contribution in [1.82, 2.24) is 0 Å². The lowest BCUT2D eigenvalue weighted by Gasteiger charge is -2.55. The van der Waals surface area contributed by atoms with Crippen LogP contribution in [-0.4, -0.2) is 43.4 Å². The summed E-state index contributed by atoms with van der Waals surface area (Å²) >= 11 is 0. The first-order valence-corrected chi connectivity index (χ1v) is 10.9. The number of para-hydroxylation sites is 1. The molecule has 6 nitrogen and oxygen atoms in total. The largest absolute Gasteiger partial charge is 0.422 e. The normalized spacial score (nSPS) is 23.7. The van der Waals surface area contributed by atoms with Crippen LogP contribution in [0.1, 0.15) is 30.5 Å². The molecule has 6 heteroatoms. The van der Waals surface area contributed by atoms with Gasteiger partial charge in [-0.15, -0.1) is 0 Å². The van der Waals surface area contributed by atoms with Crippen LogP contribution in [0.4, 0.5) is 11.4 Å². The van der Waals surface area contributed by atoms with Gasteiger partial charge >= 0.3 is 11.9 Å². The zero-order valence-corrected chi connectivity index (χ0v) is 18.5. The maximum Gasteiger partial charge on any atom is 0.329 e. The third-order valence-corrected chi connectivity index (χ3v) is 7.04. The van der Waals surface area contributed by atoms with E-state index in [1.165, 1.54) is 11.1 Å². The highest BCUT2D eigenvalue weighted by Crippen LogP contribution is 2.48. The highest BCUT2D eigenvalue weighted by atomic mass is 16.7. The van der Waals surface area contributed by atoms with Gasteiger partial charge in [-0.2, -0.15) is 0 Å². The van der Waals surface area contributed by atoms with Gasteiger partial charge in [0.1, 0.15) is 0 Å². The van der Waals surface area contributed by atoms with Crippen molar-refractivity contribution in [2.45, 2.75) is 45.9 Å². The number of piperazine rings is 1. The van der Waals surface area contributed by atoms with E-state index in [2.05, 4.69) is 47.9 Å². The Bertz CT molecular complexity index is 1060. The van der Waals surface area contributed by atoms with Crippen molar-refractivity contribution in [3.63, 3.8) is 0 Å². The van der Waals surface area contributed by atoms with Gasteiger partial charge in [0.25, 0.3) is 5.79 Å². The van der Waals surface area contributed by atoms with Gasteiger partial charge in [0.05, 0.1) is 6.04 Å². The van der Waals surface area contributed by atoms with E-state index in [4.69, 9.17) is 9.47 Å². The second-order valence-corrected chi connectivity index (χ2v) is 9.33. The predicted octanol–water partition coefficient (Wildman–Crippen LogP) is 3.38. The van der Waals surface area contributed by atoms with Gasteiger partial charge < -0.3 is 19.3 Å². The summed E-state index contributed by atoms with van der Waals surface area (Å²) in [6.45, 7) is 9.49. The van der Waals surface area contributed by atoms with E-state index in [0.717, 1.165) is 23.5 Å². The van der Waals surface area contributed by atoms with E-state index < -0.39 is 23.1 Å². The molecule has 3 heterocycles. The average Bonchev–Trinajstić information content (AvgIpc) is 2.73. The molecule has 1 unspecified atom stereocenters. The van der Waals surface area contributed by atoms with Crippen molar-refractivity contribution >= 4 is 23.3 Å². The Kier molecular flexibility index (Phi) is 4.33. The monoisotopic (exact) mass is 420 g/mol. The second kappa shape index (κ2) is 6.74. The molecule has 31 heavy (non-hydrogen) atoms. The standard InChI is InChI=1S/C25H28N2O4/c1-16-8-7-11-19(17(16)2)26-12-13-27-20-10-6-5-9-18(20)14-25(21(27)15-26)22(28)30-24(3,4)31-23(25)29/h5-11,21H,12-15H2,1-4H3. The maximum absolute atomic E-state index is 13.5. The van der Waals surface area contributed by atoms with Crippen LogP contribution >= 0.6 is 0 Å². The number of benzene rings is 2. The Morgan fingerprint density at radius 3 is 2.32 bits per heavy atom. The first-order valence-electron chi connectivity index (χ1n) is 10.9. The van der Waals surface area contributed by atoms with E-state index in [9.17, 15) is 9.59 Å². The van der Waals surface area contributed by atoms with Gasteiger partial charge in [0.15, 0.2) is 5.41 Å². The van der Waals surface area contributed by atoms with Crippen molar-refractivity contribution in [3.05, 3.63) is 59.2 Å². The van der Waals surface area contributed by atoms with Crippen molar-refractivity contribution < 1.29 is 19.1 Å². The number of rotatable bonds is 1. The molecule has 2 aromatic carbocycles. The Morgan fingerprint density at radius 1 is 0.903 bits per heavy atom. The molecule has 1 spiro atoms. The van der Waals surface area contributed by atoms with Crippen LogP contribution in [0.25, 0.3) is 0 Å². The fraction of sp³-hybridized carbons (Fsp3) is 0.440. The lowest BCUT2D eigenvalue weighted by Crippen LogP contribution is -2.71. The summed E-state index contributed by atoms with van der Waals surface area (Å²) in [7, 11) is 0. The average molecular weight is 421 g/mol. The van der Waals surface area contributed by atoms with E-state index in [0.29, 0.717) is 19.5 Å². The van der Waals surface area contributed by atoms with Crippen LogP contribution in [0.5, 0.6) is 0 Å². The molecule has 2 aromatic rings. The molecule has 0 amide bonds. The van der Waals surface area contributed by atoms with Crippen molar-refractivity contribution in [3.8, 4) is 0 Å². The van der Waals surface area contributed by atoms with Crippen LogP contribution in [-0.2, 0) is 25.5 Å². The second-order valence-electron chi connectivity index (χ2n) is 9.33. The topological polar surface area (TPSA) is 59.1 Å². The van der Waals surface area contributed by atoms with Gasteiger partial charge in [-0.3, -0.25) is 9.59 Å². The van der Waals surface area contributed by atoms with E-state index in [1.807, 2.05) is 18.2 Å². The molecule has 0 aliphatic carbocycles. The molecule has 0 radical (unpaired) electrons. The smallest absolute Gasteiger partial charge is 0.329 e. The minimum atomic E-state index is -1.37. The molecule has 3 aliphatic rings. The number of cyclic esters (lactones) is 2. The first-order chi connectivity index (χ1) is 14.7. The Balaban J connectivity index is 1.61. The quantitative estimate of drug-likeness (QED) is 0.521. The Hall–Kier alpha value is -3.02. The van der Waals surface area contributed by atoms with Crippen molar-refractivity contribution in [2.75, 3.05) is 29.4 Å². The summed E-state index contributed by atoms with van der Waals surface area (Å²) in [5.41, 5.74) is 4.28. The zero-order chi connectivity index (χ0) is 22.0. The van der Waals surface area contributed by atoms with E-state index in [-0.39, 0.29) is 6.04 Å². The fourth-order valence-electron chi connectivity index (χ4n) is 5.30. The Labute approximate surface area is 182 Å². The van der Waals surface area contributed by atoms with Crippen LogP contribution in [0.2, 0.25) is 0 Å². The number of nitrogens with zero attached hydrogens (tertiary/aromatic N) is 2. The van der Waals surface area contributed by atoms with Gasteiger partial charge in [-0.05, 0) is 42.7 Å². The van der Waals surface area contributed by atoms with Crippen molar-refractivity contribution in [2.24, 2.45) is 5.41 Å². The SMILES string of the molecule is Cc1cccc(N2CCN3c4ccccc4CC4(C(=O)OC(C)(C)OC4=O)C3C2)c1C. The van der Waals surface area contributed by atoms with Gasteiger partial charge in [0.2, 0.25) is 0 Å². The summed E-state index contributed by atoms with van der Waals surface area (Å²) in [6, 6.07) is 13.9. The predicted molar refractivity (Wildman–Crippen MR) is 118 cm³/mol. The van der Waals surface area contributed by atoms with Crippen molar-refractivity contribution in [1.29, 1.82) is 0 Å². The van der Waals surface area contributed by atoms with Crippen LogP contribution < -0.4 is 9.80 Å². The fourth-order valence-corrected chi connectivity index (χ4v) is 5.30. The number of esters is 2. The number of ether oxygens (including phenoxy) is 2. The maximum atomic E-state index is 13.5. The number of hydrogen-bond donors (Lipinski definition) is 0. The third-order valence-electron chi connectivity index (χ3n) is 7.04. The molecule has 0 saturated carbocycles. The number of hydrogen-bond acceptors (Lipinski definition) is 6. The molecule has 0 bridgehead atoms. The van der Waals surface area contributed by atoms with Crippen LogP contribution in [0.3, 0.4) is 0 Å². The zero-order valence-electron chi connectivity index (χ0n) is 18.5. The van der Waals surface area contributed by atoms with Gasteiger partial charge in [-0.25, -0.2) is 0 Å². The van der Waals surface area contributed by atoms with E-state index in [1.54, 1.807) is 13.8 Å². The summed E-state index contributed by atoms with van der Waals surface area (Å²) < 4.78 is 11.3. The molecule has 162 valence electrons. The molecule has 2 saturated heterocycles. The minimum absolute atomic E-state index is 0.290. The number of fused-ring (bicyclic) bond motifs is 4. The molecular formula is C25H28N2O4. The molecule has 5 rings (SSSR count). The molecule has 1 atom stereocenters. The summed E-state index contributed by atoms with van der Waals surface area (Å²) in [5, 5.41) is 0. The minimum Gasteiger partial charge on any atom is -0.422 e. The first kappa shape index (κ1) is 19.9. The molecule has 0 N–H and O–H groups in total. The number of anilines is 2. The van der Waals surface area contributed by atoms with Gasteiger partial charge in [0, 0.05) is 51.3 Å². The summed E-state index contributed by atoms with van der Waals surface area (Å²) in [4.78, 5) is 31.4. The molecule has 2 fully saturated rings. The van der Waals surface area contributed by atoms with Crippen LogP contribution in [0.15, 0.2) is 42.5 Å². The number of carbonyl (C=O) groups excluding carboxylic acids is 2. The molecule has 0 aromatic heterocycles. The number of aryl methyl sites for hydroxylation is 1.